The Morgan fingerprint density at radius 1 is 0.340 bits per heavy atom. The molecule has 0 rings (SSSR count). The molecule has 0 aliphatic heterocycles. The summed E-state index contributed by atoms with van der Waals surface area (Å²) >= 11 is 0. The van der Waals surface area contributed by atoms with Crippen LogP contribution in [0, 0.1) is 5.92 Å². The van der Waals surface area contributed by atoms with Gasteiger partial charge in [-0.25, -0.2) is 9.13 Å². The maximum absolute atomic E-state index is 13.1. The number of ether oxygens (including phenoxy) is 4. The molecule has 0 heterocycles. The molecule has 94 heavy (non-hydrogen) atoms. The molecular formula is C75H142O17P2. The van der Waals surface area contributed by atoms with Crippen molar-refractivity contribution in [1.82, 2.24) is 0 Å². The van der Waals surface area contributed by atoms with Gasteiger partial charge < -0.3 is 33.8 Å². The largest absolute Gasteiger partial charge is 0.472 e. The van der Waals surface area contributed by atoms with Gasteiger partial charge in [0.15, 0.2) is 12.2 Å². The maximum atomic E-state index is 13.1. The number of aliphatic hydroxyl groups excluding tert-OH is 1. The number of aliphatic hydroxyl groups is 1. The summed E-state index contributed by atoms with van der Waals surface area (Å²) in [6.45, 7) is 7.14. The van der Waals surface area contributed by atoms with E-state index >= 15 is 0 Å². The number of rotatable bonds is 73. The fourth-order valence-corrected chi connectivity index (χ4v) is 12.5. The highest BCUT2D eigenvalue weighted by molar-refractivity contribution is 7.47. The summed E-state index contributed by atoms with van der Waals surface area (Å²) in [7, 11) is -9.92. The molecule has 17 nitrogen and oxygen atoms in total. The molecule has 554 valence electrons. The molecule has 0 aromatic carbocycles. The molecule has 0 aromatic heterocycles. The predicted octanol–water partition coefficient (Wildman–Crippen LogP) is 21.6. The van der Waals surface area contributed by atoms with E-state index in [0.29, 0.717) is 25.7 Å². The second kappa shape index (κ2) is 67.7. The van der Waals surface area contributed by atoms with E-state index in [4.69, 9.17) is 37.0 Å². The van der Waals surface area contributed by atoms with Crippen molar-refractivity contribution in [2.24, 2.45) is 5.92 Å². The number of allylic oxidation sites excluding steroid dienone is 4. The predicted molar refractivity (Wildman–Crippen MR) is 381 cm³/mol. The van der Waals surface area contributed by atoms with E-state index in [1.807, 2.05) is 0 Å². The van der Waals surface area contributed by atoms with Crippen LogP contribution in [0.5, 0.6) is 0 Å². The van der Waals surface area contributed by atoms with Crippen molar-refractivity contribution in [1.29, 1.82) is 0 Å². The van der Waals surface area contributed by atoms with E-state index in [9.17, 15) is 43.2 Å². The lowest BCUT2D eigenvalue weighted by Crippen LogP contribution is -2.30. The highest BCUT2D eigenvalue weighted by Crippen LogP contribution is 2.45. The highest BCUT2D eigenvalue weighted by atomic mass is 31.2. The van der Waals surface area contributed by atoms with Crippen LogP contribution in [0.3, 0.4) is 0 Å². The quantitative estimate of drug-likeness (QED) is 0.0169. The van der Waals surface area contributed by atoms with E-state index in [1.165, 1.54) is 173 Å². The van der Waals surface area contributed by atoms with E-state index < -0.39 is 97.5 Å². The van der Waals surface area contributed by atoms with Crippen LogP contribution >= 0.6 is 15.6 Å². The third-order valence-corrected chi connectivity index (χ3v) is 19.2. The number of carbonyl (C=O) groups is 4. The normalized spacial score (nSPS) is 14.4. The van der Waals surface area contributed by atoms with Gasteiger partial charge in [0.1, 0.15) is 19.3 Å². The van der Waals surface area contributed by atoms with Crippen LogP contribution in [0.15, 0.2) is 24.3 Å². The first-order chi connectivity index (χ1) is 45.6. The zero-order valence-electron chi connectivity index (χ0n) is 60.6. The number of hydrogen-bond acceptors (Lipinski definition) is 15. The van der Waals surface area contributed by atoms with Gasteiger partial charge in [0, 0.05) is 25.7 Å². The van der Waals surface area contributed by atoms with Gasteiger partial charge in [0.25, 0.3) is 0 Å². The van der Waals surface area contributed by atoms with Crippen molar-refractivity contribution < 1.29 is 80.2 Å². The summed E-state index contributed by atoms with van der Waals surface area (Å²) in [5, 5.41) is 10.6. The molecule has 0 radical (unpaired) electrons. The number of esters is 4. The van der Waals surface area contributed by atoms with Gasteiger partial charge in [0.05, 0.1) is 26.4 Å². The third-order valence-electron chi connectivity index (χ3n) is 17.3. The van der Waals surface area contributed by atoms with Crippen LogP contribution in [0.25, 0.3) is 0 Å². The Morgan fingerprint density at radius 2 is 0.596 bits per heavy atom. The minimum atomic E-state index is -4.96. The van der Waals surface area contributed by atoms with Crippen molar-refractivity contribution in [2.75, 3.05) is 39.6 Å². The number of phosphoric ester groups is 2. The fourth-order valence-electron chi connectivity index (χ4n) is 11.0. The first-order valence-electron chi connectivity index (χ1n) is 38.5. The van der Waals surface area contributed by atoms with Crippen LogP contribution in [-0.2, 0) is 65.4 Å². The first kappa shape index (κ1) is 91.5. The Kier molecular flexibility index (Phi) is 65.9. The summed E-state index contributed by atoms with van der Waals surface area (Å²) in [5.74, 6) is -1.43. The average molecular weight is 1380 g/mol. The Hall–Kier alpha value is -2.46. The monoisotopic (exact) mass is 1380 g/mol. The van der Waals surface area contributed by atoms with Gasteiger partial charge in [0.2, 0.25) is 0 Å². The zero-order chi connectivity index (χ0) is 69.1. The minimum Gasteiger partial charge on any atom is -0.462 e. The van der Waals surface area contributed by atoms with Crippen molar-refractivity contribution in [2.45, 2.75) is 387 Å². The smallest absolute Gasteiger partial charge is 0.462 e. The second-order valence-electron chi connectivity index (χ2n) is 26.6. The maximum Gasteiger partial charge on any atom is 0.472 e. The van der Waals surface area contributed by atoms with E-state index in [2.05, 4.69) is 58.9 Å². The lowest BCUT2D eigenvalue weighted by Gasteiger charge is -2.21. The Bertz CT molecular complexity index is 1900. The third kappa shape index (κ3) is 66.8. The van der Waals surface area contributed by atoms with E-state index in [1.54, 1.807) is 0 Å². The Morgan fingerprint density at radius 3 is 0.904 bits per heavy atom. The summed E-state index contributed by atoms with van der Waals surface area (Å²) in [4.78, 5) is 72.6. The number of unbranched alkanes of at least 4 members (excludes halogenated alkanes) is 41. The van der Waals surface area contributed by atoms with Crippen LogP contribution in [0.1, 0.15) is 369 Å². The molecule has 19 heteroatoms. The van der Waals surface area contributed by atoms with E-state index in [0.717, 1.165) is 115 Å². The fraction of sp³-hybridized carbons (Fsp3) is 0.893. The highest BCUT2D eigenvalue weighted by Gasteiger charge is 2.30. The molecule has 3 N–H and O–H groups in total. The molecule has 6 atom stereocenters. The lowest BCUT2D eigenvalue weighted by molar-refractivity contribution is -0.161. The SMILES string of the molecule is CCCCCC/C=C\C=C/CCCCCCCC(=O)OC[C@H](COP(=O)(O)OC[C@@H](O)COP(=O)(O)OC[C@@H](COC(=O)CCCCCCCCCCC)OC(=O)CCCCCCCCC(C)CC)OC(=O)CCCCCCCCCCCCCCCCCCCCCC. The second-order valence-corrected chi connectivity index (χ2v) is 29.5. The summed E-state index contributed by atoms with van der Waals surface area (Å²) in [6.07, 6.45) is 59.3. The molecule has 0 spiro atoms. The van der Waals surface area contributed by atoms with Crippen LogP contribution in [0.2, 0.25) is 0 Å². The van der Waals surface area contributed by atoms with Gasteiger partial charge in [-0.05, 0) is 57.3 Å². The van der Waals surface area contributed by atoms with Gasteiger partial charge in [-0.2, -0.15) is 0 Å². The van der Waals surface area contributed by atoms with Gasteiger partial charge in [-0.15, -0.1) is 0 Å². The molecule has 0 saturated heterocycles. The molecule has 0 saturated carbocycles. The van der Waals surface area contributed by atoms with Crippen molar-refractivity contribution in [3.8, 4) is 0 Å². The summed E-state index contributed by atoms with van der Waals surface area (Å²) in [5.41, 5.74) is 0. The van der Waals surface area contributed by atoms with Crippen LogP contribution in [-0.4, -0.2) is 96.7 Å². The topological polar surface area (TPSA) is 237 Å². The van der Waals surface area contributed by atoms with Gasteiger partial charge >= 0.3 is 39.5 Å². The average Bonchev–Trinajstić information content (AvgIpc) is 2.02. The molecule has 0 amide bonds. The van der Waals surface area contributed by atoms with Crippen LogP contribution < -0.4 is 0 Å². The molecule has 0 bridgehead atoms. The molecule has 0 aromatic rings. The van der Waals surface area contributed by atoms with Crippen LogP contribution in [0.4, 0.5) is 0 Å². The van der Waals surface area contributed by atoms with Gasteiger partial charge in [-0.3, -0.25) is 37.3 Å². The molecule has 0 aliphatic carbocycles. The molecular weight excluding hydrogens is 1230 g/mol. The van der Waals surface area contributed by atoms with E-state index in [-0.39, 0.29) is 25.7 Å². The van der Waals surface area contributed by atoms with Crippen molar-refractivity contribution in [3.63, 3.8) is 0 Å². The molecule has 0 fully saturated rings. The summed E-state index contributed by atoms with van der Waals surface area (Å²) < 4.78 is 68.3. The van der Waals surface area contributed by atoms with Gasteiger partial charge in [-0.1, -0.05) is 316 Å². The zero-order valence-corrected chi connectivity index (χ0v) is 62.4. The van der Waals surface area contributed by atoms with Crippen molar-refractivity contribution in [3.05, 3.63) is 24.3 Å². The lowest BCUT2D eigenvalue weighted by atomic mass is 10.00. The number of carbonyl (C=O) groups excluding carboxylic acids is 4. The molecule has 3 unspecified atom stereocenters. The van der Waals surface area contributed by atoms with Crippen molar-refractivity contribution >= 4 is 39.5 Å². The molecule has 0 aliphatic rings. The first-order valence-corrected chi connectivity index (χ1v) is 41.5. The Labute approximate surface area is 573 Å². The Balaban J connectivity index is 5.23. The number of hydrogen-bond donors (Lipinski definition) is 3. The number of phosphoric acid groups is 2. The summed E-state index contributed by atoms with van der Waals surface area (Å²) in [6, 6.07) is 0. The minimum absolute atomic E-state index is 0.101. The standard InChI is InChI=1S/C75H142O17P2/c1-6-10-13-16-19-22-24-26-28-29-30-31-32-34-36-38-41-44-50-55-60-74(79)91-70(64-86-73(78)59-54-49-43-40-37-35-33-27-25-23-20-17-14-11-7-2)66-89-93(81,82)87-62-69(76)63-88-94(83,84)90-67-71(65-85-72(77)58-53-48-42-39-21-18-15-12-8-3)92-75(80)61-56-51-46-45-47-52-57-68(5)9-4/h23,25,27,33,68-71,76H,6-22,24,26,28-32,34-67H2,1-5H3,(H,81,82)(H,83,84)/b25-23-,33-27-/t68?,69-,70-,71-/m1/s1.